The Hall–Kier alpha value is -1.65. The van der Waals surface area contributed by atoms with Crippen molar-refractivity contribution in [3.63, 3.8) is 0 Å². The maximum absolute atomic E-state index is 10.6. The highest BCUT2D eigenvalue weighted by atomic mass is 16.4. The van der Waals surface area contributed by atoms with Crippen LogP contribution >= 0.6 is 0 Å². The molecule has 0 aromatic heterocycles. The van der Waals surface area contributed by atoms with Crippen molar-refractivity contribution in [1.82, 2.24) is 0 Å². The molecule has 0 amide bonds. The Bertz CT molecular complexity index is 243. The zero-order valence-corrected chi connectivity index (χ0v) is 6.90. The van der Waals surface area contributed by atoms with Crippen LogP contribution in [0.15, 0.2) is 12.7 Å². The van der Waals surface area contributed by atoms with Gasteiger partial charge in [-0.25, -0.2) is 4.79 Å². The SMILES string of the molecule is C=CCC(CC(=O)C(=O)O)C(=O)O. The van der Waals surface area contributed by atoms with Gasteiger partial charge in [0.15, 0.2) is 0 Å². The summed E-state index contributed by atoms with van der Waals surface area (Å²) in [7, 11) is 0. The van der Waals surface area contributed by atoms with E-state index in [2.05, 4.69) is 6.58 Å². The summed E-state index contributed by atoms with van der Waals surface area (Å²) < 4.78 is 0. The van der Waals surface area contributed by atoms with Crippen molar-refractivity contribution in [2.45, 2.75) is 12.8 Å². The predicted molar refractivity (Wildman–Crippen MR) is 43.2 cm³/mol. The Morgan fingerprint density at radius 2 is 1.85 bits per heavy atom. The zero-order valence-electron chi connectivity index (χ0n) is 6.90. The predicted octanol–water partition coefficient (Wildman–Crippen LogP) is 0.307. The largest absolute Gasteiger partial charge is 0.481 e. The van der Waals surface area contributed by atoms with Gasteiger partial charge in [-0.05, 0) is 6.42 Å². The Kier molecular flexibility index (Phi) is 4.43. The van der Waals surface area contributed by atoms with Crippen molar-refractivity contribution in [3.8, 4) is 0 Å². The number of carbonyl (C=O) groups excluding carboxylic acids is 1. The van der Waals surface area contributed by atoms with Gasteiger partial charge in [-0.3, -0.25) is 9.59 Å². The van der Waals surface area contributed by atoms with Crippen LogP contribution in [0.4, 0.5) is 0 Å². The van der Waals surface area contributed by atoms with E-state index < -0.39 is 30.1 Å². The van der Waals surface area contributed by atoms with Crippen LogP contribution in [0.25, 0.3) is 0 Å². The van der Waals surface area contributed by atoms with Crippen LogP contribution in [0.5, 0.6) is 0 Å². The van der Waals surface area contributed by atoms with Crippen molar-refractivity contribution in [2.75, 3.05) is 0 Å². The first-order chi connectivity index (χ1) is 5.99. The number of aliphatic carboxylic acids is 2. The summed E-state index contributed by atoms with van der Waals surface area (Å²) in [5.74, 6) is -4.86. The second kappa shape index (κ2) is 5.08. The smallest absolute Gasteiger partial charge is 0.372 e. The molecule has 1 unspecified atom stereocenters. The lowest BCUT2D eigenvalue weighted by Crippen LogP contribution is -2.22. The van der Waals surface area contributed by atoms with E-state index in [-0.39, 0.29) is 6.42 Å². The number of hydrogen-bond donors (Lipinski definition) is 2. The molecule has 0 radical (unpaired) electrons. The van der Waals surface area contributed by atoms with Gasteiger partial charge in [0.05, 0.1) is 5.92 Å². The molecule has 0 rings (SSSR count). The molecule has 5 nitrogen and oxygen atoms in total. The van der Waals surface area contributed by atoms with Gasteiger partial charge in [0.25, 0.3) is 0 Å². The fourth-order valence-electron chi connectivity index (χ4n) is 0.784. The van der Waals surface area contributed by atoms with Crippen LogP contribution in [-0.2, 0) is 14.4 Å². The first-order valence-electron chi connectivity index (χ1n) is 3.58. The maximum atomic E-state index is 10.6. The first-order valence-corrected chi connectivity index (χ1v) is 3.58. The van der Waals surface area contributed by atoms with Crippen LogP contribution in [0.1, 0.15) is 12.8 Å². The minimum atomic E-state index is -1.60. The van der Waals surface area contributed by atoms with Crippen molar-refractivity contribution >= 4 is 17.7 Å². The fourth-order valence-corrected chi connectivity index (χ4v) is 0.784. The van der Waals surface area contributed by atoms with E-state index >= 15 is 0 Å². The van der Waals surface area contributed by atoms with Gasteiger partial charge in [-0.2, -0.15) is 0 Å². The molecule has 0 aromatic carbocycles. The number of rotatable bonds is 6. The molecule has 72 valence electrons. The Balaban J connectivity index is 4.25. The van der Waals surface area contributed by atoms with E-state index in [0.717, 1.165) is 0 Å². The molecule has 5 heteroatoms. The monoisotopic (exact) mass is 186 g/mol. The second-order valence-electron chi connectivity index (χ2n) is 2.49. The number of ketones is 1. The van der Waals surface area contributed by atoms with Crippen LogP contribution in [0, 0.1) is 5.92 Å². The van der Waals surface area contributed by atoms with Gasteiger partial charge in [0, 0.05) is 6.42 Å². The van der Waals surface area contributed by atoms with E-state index in [1.807, 2.05) is 0 Å². The van der Waals surface area contributed by atoms with Crippen LogP contribution in [-0.4, -0.2) is 27.9 Å². The van der Waals surface area contributed by atoms with Crippen LogP contribution in [0.2, 0.25) is 0 Å². The number of carboxylic acids is 2. The maximum Gasteiger partial charge on any atom is 0.372 e. The molecule has 0 fully saturated rings. The molecule has 0 spiro atoms. The summed E-state index contributed by atoms with van der Waals surface area (Å²) in [6.45, 7) is 3.31. The molecule has 0 aromatic rings. The molecule has 0 aliphatic carbocycles. The van der Waals surface area contributed by atoms with Gasteiger partial charge in [-0.15, -0.1) is 6.58 Å². The molecule has 0 bridgehead atoms. The Labute approximate surface area is 74.7 Å². The standard InChI is InChI=1S/C8H10O5/c1-2-3-5(7(10)11)4-6(9)8(12)13/h2,5H,1,3-4H2,(H,10,11)(H,12,13). The van der Waals surface area contributed by atoms with E-state index in [4.69, 9.17) is 10.2 Å². The number of carboxylic acid groups (broad SMARTS) is 2. The van der Waals surface area contributed by atoms with E-state index in [9.17, 15) is 14.4 Å². The minimum Gasteiger partial charge on any atom is -0.481 e. The van der Waals surface area contributed by atoms with E-state index in [0.29, 0.717) is 0 Å². The van der Waals surface area contributed by atoms with Crippen molar-refractivity contribution in [2.24, 2.45) is 5.92 Å². The lowest BCUT2D eigenvalue weighted by Gasteiger charge is -2.05. The van der Waals surface area contributed by atoms with Gasteiger partial charge in [0.1, 0.15) is 0 Å². The van der Waals surface area contributed by atoms with Gasteiger partial charge in [-0.1, -0.05) is 6.08 Å². The fraction of sp³-hybridized carbons (Fsp3) is 0.375. The molecule has 2 N–H and O–H groups in total. The molecule has 13 heavy (non-hydrogen) atoms. The van der Waals surface area contributed by atoms with Gasteiger partial charge < -0.3 is 10.2 Å². The summed E-state index contributed by atoms with van der Waals surface area (Å²) in [5, 5.41) is 16.8. The highest BCUT2D eigenvalue weighted by Gasteiger charge is 2.23. The summed E-state index contributed by atoms with van der Waals surface area (Å²) in [6.07, 6.45) is 0.943. The van der Waals surface area contributed by atoms with E-state index in [1.165, 1.54) is 6.08 Å². The average Bonchev–Trinajstić information content (AvgIpc) is 2.03. The molecule has 0 saturated carbocycles. The van der Waals surface area contributed by atoms with Crippen molar-refractivity contribution in [3.05, 3.63) is 12.7 Å². The molecule has 1 atom stereocenters. The summed E-state index contributed by atoms with van der Waals surface area (Å²) in [6, 6.07) is 0. The van der Waals surface area contributed by atoms with Crippen LogP contribution in [0.3, 0.4) is 0 Å². The highest BCUT2D eigenvalue weighted by molar-refractivity contribution is 6.33. The zero-order chi connectivity index (χ0) is 10.4. The first kappa shape index (κ1) is 11.4. The van der Waals surface area contributed by atoms with Gasteiger partial charge in [0.2, 0.25) is 5.78 Å². The lowest BCUT2D eigenvalue weighted by atomic mass is 9.99. The Morgan fingerprint density at radius 3 is 2.15 bits per heavy atom. The molecule has 0 saturated heterocycles. The van der Waals surface area contributed by atoms with Crippen molar-refractivity contribution < 1.29 is 24.6 Å². The topological polar surface area (TPSA) is 91.7 Å². The number of hydrogen-bond acceptors (Lipinski definition) is 3. The van der Waals surface area contributed by atoms with Gasteiger partial charge >= 0.3 is 11.9 Å². The normalized spacial score (nSPS) is 11.7. The Morgan fingerprint density at radius 1 is 1.31 bits per heavy atom. The molecule has 0 aliphatic heterocycles. The number of Topliss-reactive ketones (excluding diaryl/α,β-unsaturated/α-hetero) is 1. The third-order valence-electron chi connectivity index (χ3n) is 1.47. The quantitative estimate of drug-likeness (QED) is 0.460. The highest BCUT2D eigenvalue weighted by Crippen LogP contribution is 2.09. The molecule has 0 aliphatic rings. The van der Waals surface area contributed by atoms with E-state index in [1.54, 1.807) is 0 Å². The second-order valence-corrected chi connectivity index (χ2v) is 2.49. The summed E-state index contributed by atoms with van der Waals surface area (Å²) in [4.78, 5) is 31.2. The minimum absolute atomic E-state index is 0.0916. The van der Waals surface area contributed by atoms with Crippen molar-refractivity contribution in [1.29, 1.82) is 0 Å². The third kappa shape index (κ3) is 4.05. The summed E-state index contributed by atoms with van der Waals surface area (Å²) >= 11 is 0. The number of carbonyl (C=O) groups is 3. The molecular formula is C8H10O5. The molecule has 0 heterocycles. The lowest BCUT2D eigenvalue weighted by molar-refractivity contribution is -0.151. The summed E-state index contributed by atoms with van der Waals surface area (Å²) in [5.41, 5.74) is 0. The molecular weight excluding hydrogens is 176 g/mol. The third-order valence-corrected chi connectivity index (χ3v) is 1.47. The van der Waals surface area contributed by atoms with Crippen LogP contribution < -0.4 is 0 Å². The number of allylic oxidation sites excluding steroid dienone is 1. The average molecular weight is 186 g/mol.